The molecule has 154 valence electrons. The minimum Gasteiger partial charge on any atom is -0.369 e. The standard InChI is InChI=1S/C21H27FN6O/c1-17(25-9-11-26(12-10-25)19-5-3-18(22)4-6-19)20(29)27-13-15-28(16-14-27)21-23-7-2-8-24-21/h2-8,17H,9-16H2,1H3. The molecule has 2 fully saturated rings. The average Bonchev–Trinajstić information content (AvgIpc) is 2.79. The first kappa shape index (κ1) is 19.6. The lowest BCUT2D eigenvalue weighted by Gasteiger charge is -2.41. The van der Waals surface area contributed by atoms with E-state index in [-0.39, 0.29) is 17.8 Å². The maximum Gasteiger partial charge on any atom is 0.239 e. The van der Waals surface area contributed by atoms with E-state index >= 15 is 0 Å². The Morgan fingerprint density at radius 3 is 2.10 bits per heavy atom. The van der Waals surface area contributed by atoms with E-state index in [0.717, 1.165) is 50.9 Å². The van der Waals surface area contributed by atoms with Crippen molar-refractivity contribution in [3.63, 3.8) is 0 Å². The maximum absolute atomic E-state index is 13.1. The monoisotopic (exact) mass is 398 g/mol. The Hall–Kier alpha value is -2.74. The Kier molecular flexibility index (Phi) is 5.89. The lowest BCUT2D eigenvalue weighted by atomic mass is 10.1. The number of hydrogen-bond acceptors (Lipinski definition) is 6. The molecule has 1 amide bonds. The van der Waals surface area contributed by atoms with Gasteiger partial charge in [-0.05, 0) is 37.3 Å². The molecule has 1 atom stereocenters. The summed E-state index contributed by atoms with van der Waals surface area (Å²) in [5.74, 6) is 0.698. The predicted octanol–water partition coefficient (Wildman–Crippen LogP) is 1.47. The number of carbonyl (C=O) groups is 1. The van der Waals surface area contributed by atoms with Crippen LogP contribution in [0.25, 0.3) is 0 Å². The molecule has 2 aromatic rings. The van der Waals surface area contributed by atoms with E-state index in [2.05, 4.69) is 24.7 Å². The average molecular weight is 398 g/mol. The molecule has 0 bridgehead atoms. The zero-order valence-corrected chi connectivity index (χ0v) is 16.7. The van der Waals surface area contributed by atoms with E-state index in [4.69, 9.17) is 0 Å². The van der Waals surface area contributed by atoms with Gasteiger partial charge in [-0.2, -0.15) is 0 Å². The third-order valence-electron chi connectivity index (χ3n) is 5.84. The number of nitrogens with zero attached hydrogens (tertiary/aromatic N) is 6. The fourth-order valence-corrected chi connectivity index (χ4v) is 4.02. The highest BCUT2D eigenvalue weighted by atomic mass is 19.1. The Labute approximate surface area is 170 Å². The van der Waals surface area contributed by atoms with Gasteiger partial charge < -0.3 is 14.7 Å². The Bertz CT molecular complexity index is 802. The quantitative estimate of drug-likeness (QED) is 0.778. The molecule has 7 nitrogen and oxygen atoms in total. The summed E-state index contributed by atoms with van der Waals surface area (Å²) in [6, 6.07) is 8.29. The van der Waals surface area contributed by atoms with Crippen LogP contribution in [0.1, 0.15) is 6.92 Å². The van der Waals surface area contributed by atoms with Crippen LogP contribution in [0.3, 0.4) is 0 Å². The molecule has 8 heteroatoms. The van der Waals surface area contributed by atoms with Crippen LogP contribution in [0.15, 0.2) is 42.7 Å². The number of amides is 1. The lowest BCUT2D eigenvalue weighted by Crippen LogP contribution is -2.57. The van der Waals surface area contributed by atoms with Gasteiger partial charge in [0.1, 0.15) is 5.82 Å². The first-order valence-electron chi connectivity index (χ1n) is 10.2. The molecule has 1 unspecified atom stereocenters. The van der Waals surface area contributed by atoms with E-state index in [1.165, 1.54) is 12.1 Å². The first-order chi connectivity index (χ1) is 14.1. The Morgan fingerprint density at radius 2 is 1.48 bits per heavy atom. The summed E-state index contributed by atoms with van der Waals surface area (Å²) < 4.78 is 13.1. The molecule has 0 radical (unpaired) electrons. The smallest absolute Gasteiger partial charge is 0.239 e. The number of carbonyl (C=O) groups excluding carboxylic acids is 1. The van der Waals surface area contributed by atoms with Crippen molar-refractivity contribution in [3.05, 3.63) is 48.5 Å². The summed E-state index contributed by atoms with van der Waals surface area (Å²) in [7, 11) is 0. The van der Waals surface area contributed by atoms with Gasteiger partial charge in [-0.1, -0.05) is 0 Å². The number of rotatable bonds is 4. The summed E-state index contributed by atoms with van der Waals surface area (Å²) in [6.45, 7) is 8.20. The van der Waals surface area contributed by atoms with E-state index in [1.54, 1.807) is 18.5 Å². The summed E-state index contributed by atoms with van der Waals surface area (Å²) in [5.41, 5.74) is 1.03. The van der Waals surface area contributed by atoms with Crippen molar-refractivity contribution < 1.29 is 9.18 Å². The molecular formula is C21H27FN6O. The van der Waals surface area contributed by atoms with Gasteiger partial charge in [0, 0.05) is 70.4 Å². The molecule has 1 aromatic carbocycles. The second-order valence-electron chi connectivity index (χ2n) is 7.54. The topological polar surface area (TPSA) is 55.8 Å². The van der Waals surface area contributed by atoms with Crippen molar-refractivity contribution in [1.29, 1.82) is 0 Å². The summed E-state index contributed by atoms with van der Waals surface area (Å²) >= 11 is 0. The van der Waals surface area contributed by atoms with Gasteiger partial charge in [0.15, 0.2) is 0 Å². The van der Waals surface area contributed by atoms with Crippen LogP contribution in [0.4, 0.5) is 16.0 Å². The minimum absolute atomic E-state index is 0.134. The molecule has 2 aliphatic heterocycles. The van der Waals surface area contributed by atoms with Gasteiger partial charge in [0.25, 0.3) is 0 Å². The molecule has 0 saturated carbocycles. The Morgan fingerprint density at radius 1 is 0.897 bits per heavy atom. The molecule has 0 aliphatic carbocycles. The van der Waals surface area contributed by atoms with E-state index in [1.807, 2.05) is 24.0 Å². The fraction of sp³-hybridized carbons (Fsp3) is 0.476. The lowest BCUT2D eigenvalue weighted by molar-refractivity contribution is -0.136. The molecular weight excluding hydrogens is 371 g/mol. The van der Waals surface area contributed by atoms with Gasteiger partial charge >= 0.3 is 0 Å². The summed E-state index contributed by atoms with van der Waals surface area (Å²) in [6.07, 6.45) is 3.49. The van der Waals surface area contributed by atoms with E-state index < -0.39 is 0 Å². The highest BCUT2D eigenvalue weighted by Crippen LogP contribution is 2.19. The van der Waals surface area contributed by atoms with Crippen molar-refractivity contribution >= 4 is 17.5 Å². The highest BCUT2D eigenvalue weighted by Gasteiger charge is 2.31. The van der Waals surface area contributed by atoms with Crippen LogP contribution >= 0.6 is 0 Å². The number of benzene rings is 1. The molecule has 4 rings (SSSR count). The van der Waals surface area contributed by atoms with Gasteiger partial charge in [-0.25, -0.2) is 14.4 Å². The highest BCUT2D eigenvalue weighted by molar-refractivity contribution is 5.81. The van der Waals surface area contributed by atoms with Crippen LogP contribution in [-0.2, 0) is 4.79 Å². The van der Waals surface area contributed by atoms with Crippen LogP contribution in [0.5, 0.6) is 0 Å². The SMILES string of the molecule is CC(C(=O)N1CCN(c2ncccn2)CC1)N1CCN(c2ccc(F)cc2)CC1. The van der Waals surface area contributed by atoms with Crippen molar-refractivity contribution in [2.75, 3.05) is 62.2 Å². The normalized spacial score (nSPS) is 19.3. The number of anilines is 2. The largest absolute Gasteiger partial charge is 0.369 e. The van der Waals surface area contributed by atoms with Crippen LogP contribution in [0, 0.1) is 5.82 Å². The predicted molar refractivity (Wildman–Crippen MR) is 110 cm³/mol. The molecule has 29 heavy (non-hydrogen) atoms. The van der Waals surface area contributed by atoms with Crippen molar-refractivity contribution in [1.82, 2.24) is 19.8 Å². The Balaban J connectivity index is 1.27. The minimum atomic E-state index is -0.217. The molecule has 2 saturated heterocycles. The number of hydrogen-bond donors (Lipinski definition) is 0. The second-order valence-corrected chi connectivity index (χ2v) is 7.54. The van der Waals surface area contributed by atoms with Crippen molar-refractivity contribution in [3.8, 4) is 0 Å². The van der Waals surface area contributed by atoms with E-state index in [9.17, 15) is 9.18 Å². The van der Waals surface area contributed by atoms with Crippen LogP contribution in [0.2, 0.25) is 0 Å². The van der Waals surface area contributed by atoms with Crippen LogP contribution < -0.4 is 9.80 Å². The zero-order valence-electron chi connectivity index (χ0n) is 16.7. The molecule has 1 aromatic heterocycles. The van der Waals surface area contributed by atoms with Gasteiger partial charge in [-0.3, -0.25) is 9.69 Å². The van der Waals surface area contributed by atoms with Gasteiger partial charge in [-0.15, -0.1) is 0 Å². The van der Waals surface area contributed by atoms with E-state index in [0.29, 0.717) is 13.1 Å². The molecule has 0 spiro atoms. The first-order valence-corrected chi connectivity index (χ1v) is 10.2. The van der Waals surface area contributed by atoms with Crippen molar-refractivity contribution in [2.45, 2.75) is 13.0 Å². The number of piperazine rings is 2. The molecule has 2 aliphatic rings. The molecule has 0 N–H and O–H groups in total. The second kappa shape index (κ2) is 8.73. The van der Waals surface area contributed by atoms with Gasteiger partial charge in [0.2, 0.25) is 11.9 Å². The summed E-state index contributed by atoms with van der Waals surface area (Å²) in [5, 5.41) is 0. The van der Waals surface area contributed by atoms with Crippen molar-refractivity contribution in [2.24, 2.45) is 0 Å². The fourth-order valence-electron chi connectivity index (χ4n) is 4.02. The molecule has 3 heterocycles. The third kappa shape index (κ3) is 4.48. The third-order valence-corrected chi connectivity index (χ3v) is 5.84. The van der Waals surface area contributed by atoms with Gasteiger partial charge in [0.05, 0.1) is 6.04 Å². The zero-order chi connectivity index (χ0) is 20.2. The maximum atomic E-state index is 13.1. The summed E-state index contributed by atoms with van der Waals surface area (Å²) in [4.78, 5) is 30.2. The van der Waals surface area contributed by atoms with Crippen LogP contribution in [-0.4, -0.2) is 84.1 Å². The number of halogens is 1. The number of aromatic nitrogens is 2.